The minimum atomic E-state index is -3.16. The highest BCUT2D eigenvalue weighted by Gasteiger charge is 2.09. The molecule has 0 spiro atoms. The Bertz CT molecular complexity index is 665. The van der Waals surface area contributed by atoms with Crippen LogP contribution in [0.1, 0.15) is 12.6 Å². The van der Waals surface area contributed by atoms with Crippen molar-refractivity contribution in [3.05, 3.63) is 41.0 Å². The van der Waals surface area contributed by atoms with Gasteiger partial charge in [-0.15, -0.1) is 0 Å². The van der Waals surface area contributed by atoms with Crippen LogP contribution in [-0.2, 0) is 16.4 Å². The van der Waals surface area contributed by atoms with E-state index in [1.54, 1.807) is 25.1 Å². The Hall–Kier alpha value is -1.37. The fourth-order valence-corrected chi connectivity index (χ4v) is 2.36. The summed E-state index contributed by atoms with van der Waals surface area (Å²) in [6.45, 7) is 1.90. The molecule has 20 heavy (non-hydrogen) atoms. The highest BCUT2D eigenvalue weighted by Crippen LogP contribution is 2.22. The van der Waals surface area contributed by atoms with Crippen LogP contribution in [0.25, 0.3) is 11.3 Å². The first-order chi connectivity index (χ1) is 9.50. The van der Waals surface area contributed by atoms with Gasteiger partial charge in [-0.3, -0.25) is 0 Å². The molecule has 0 unspecified atom stereocenters. The van der Waals surface area contributed by atoms with Crippen LogP contribution in [0.15, 0.2) is 34.9 Å². The Morgan fingerprint density at radius 2 is 2.00 bits per heavy atom. The van der Waals surface area contributed by atoms with Crippen molar-refractivity contribution in [3.8, 4) is 11.3 Å². The number of aromatic nitrogens is 1. The van der Waals surface area contributed by atoms with E-state index >= 15 is 0 Å². The van der Waals surface area contributed by atoms with Crippen molar-refractivity contribution in [3.63, 3.8) is 0 Å². The minimum Gasteiger partial charge on any atom is -0.356 e. The molecule has 0 aliphatic carbocycles. The molecule has 0 radical (unpaired) electrons. The number of hydrogen-bond donors (Lipinski definition) is 1. The summed E-state index contributed by atoms with van der Waals surface area (Å²) in [5, 5.41) is 4.57. The maximum absolute atomic E-state index is 11.3. The van der Waals surface area contributed by atoms with Crippen molar-refractivity contribution in [2.24, 2.45) is 0 Å². The highest BCUT2D eigenvalue weighted by atomic mass is 35.5. The Kier molecular flexibility index (Phi) is 4.80. The van der Waals surface area contributed by atoms with Gasteiger partial charge in [0, 0.05) is 29.6 Å². The second kappa shape index (κ2) is 6.39. The van der Waals surface area contributed by atoms with E-state index in [1.807, 2.05) is 12.1 Å². The molecule has 1 N–H and O–H groups in total. The normalized spacial score (nSPS) is 11.7. The van der Waals surface area contributed by atoms with Crippen molar-refractivity contribution < 1.29 is 12.9 Å². The molecule has 1 aromatic heterocycles. The first kappa shape index (κ1) is 15.0. The molecule has 0 aliphatic rings. The minimum absolute atomic E-state index is 0.0713. The maximum Gasteiger partial charge on any atom is 0.211 e. The van der Waals surface area contributed by atoms with Crippen LogP contribution in [0.3, 0.4) is 0 Å². The van der Waals surface area contributed by atoms with E-state index in [0.717, 1.165) is 5.56 Å². The van der Waals surface area contributed by atoms with Crippen LogP contribution in [0.5, 0.6) is 0 Å². The van der Waals surface area contributed by atoms with Gasteiger partial charge < -0.3 is 4.52 Å². The molecule has 0 bridgehead atoms. The molecule has 2 rings (SSSR count). The number of nitrogens with zero attached hydrogens (tertiary/aromatic N) is 1. The van der Waals surface area contributed by atoms with Crippen LogP contribution >= 0.6 is 11.6 Å². The molecule has 0 aliphatic heterocycles. The van der Waals surface area contributed by atoms with Crippen LogP contribution in [0, 0.1) is 0 Å². The van der Waals surface area contributed by atoms with Crippen LogP contribution < -0.4 is 4.72 Å². The smallest absolute Gasteiger partial charge is 0.211 e. The average Bonchev–Trinajstić information content (AvgIpc) is 2.88. The summed E-state index contributed by atoms with van der Waals surface area (Å²) in [4.78, 5) is 0. The number of nitrogens with one attached hydrogen (secondary N) is 1. The Morgan fingerprint density at radius 1 is 1.30 bits per heavy atom. The van der Waals surface area contributed by atoms with E-state index in [0.29, 0.717) is 29.4 Å². The molecule has 1 heterocycles. The average molecular weight is 315 g/mol. The van der Waals surface area contributed by atoms with Crippen molar-refractivity contribution in [2.75, 3.05) is 12.3 Å². The highest BCUT2D eigenvalue weighted by molar-refractivity contribution is 7.89. The molecule has 0 fully saturated rings. The summed E-state index contributed by atoms with van der Waals surface area (Å²) in [5.74, 6) is 0.706. The Labute approximate surface area is 123 Å². The van der Waals surface area contributed by atoms with Gasteiger partial charge in [0.2, 0.25) is 10.0 Å². The zero-order chi connectivity index (χ0) is 14.6. The van der Waals surface area contributed by atoms with Crippen molar-refractivity contribution in [1.82, 2.24) is 9.88 Å². The summed E-state index contributed by atoms with van der Waals surface area (Å²) >= 11 is 5.82. The Balaban J connectivity index is 1.97. The SMILES string of the molecule is CCS(=O)(=O)NCCc1cc(-c2ccc(Cl)cc2)on1. The van der Waals surface area contributed by atoms with Crippen molar-refractivity contribution >= 4 is 21.6 Å². The molecule has 7 heteroatoms. The first-order valence-corrected chi connectivity index (χ1v) is 8.22. The monoisotopic (exact) mass is 314 g/mol. The van der Waals surface area contributed by atoms with Crippen molar-refractivity contribution in [1.29, 1.82) is 0 Å². The molecule has 0 amide bonds. The van der Waals surface area contributed by atoms with Gasteiger partial charge in [-0.05, 0) is 31.2 Å². The molecule has 0 saturated heterocycles. The van der Waals surface area contributed by atoms with Gasteiger partial charge in [-0.1, -0.05) is 16.8 Å². The van der Waals surface area contributed by atoms with E-state index in [1.165, 1.54) is 0 Å². The lowest BCUT2D eigenvalue weighted by atomic mass is 10.1. The molecular formula is C13H15ClN2O3S. The standard InChI is InChI=1S/C13H15ClN2O3S/c1-2-20(17,18)15-8-7-12-9-13(19-16-12)10-3-5-11(14)6-4-10/h3-6,9,15H,2,7-8H2,1H3. The van der Waals surface area contributed by atoms with Gasteiger partial charge in [0.15, 0.2) is 5.76 Å². The van der Waals surface area contributed by atoms with Gasteiger partial charge in [-0.25, -0.2) is 13.1 Å². The summed E-state index contributed by atoms with van der Waals surface area (Å²) in [6, 6.07) is 9.02. The zero-order valence-corrected chi connectivity index (χ0v) is 12.5. The van der Waals surface area contributed by atoms with Crippen LogP contribution in [0.2, 0.25) is 5.02 Å². The lowest BCUT2D eigenvalue weighted by molar-refractivity contribution is 0.423. The molecular weight excluding hydrogens is 300 g/mol. The third kappa shape index (κ3) is 4.06. The summed E-state index contributed by atoms with van der Waals surface area (Å²) < 4.78 is 30.3. The predicted octanol–water partition coefficient (Wildman–Crippen LogP) is 2.48. The molecule has 2 aromatic rings. The molecule has 5 nitrogen and oxygen atoms in total. The van der Waals surface area contributed by atoms with E-state index in [9.17, 15) is 8.42 Å². The molecule has 0 saturated carbocycles. The fourth-order valence-electron chi connectivity index (χ4n) is 1.62. The molecule has 1 aromatic carbocycles. The van der Waals surface area contributed by atoms with Gasteiger partial charge >= 0.3 is 0 Å². The van der Waals surface area contributed by atoms with Gasteiger partial charge in [0.1, 0.15) is 0 Å². The predicted molar refractivity (Wildman–Crippen MR) is 78.1 cm³/mol. The zero-order valence-electron chi connectivity index (χ0n) is 11.0. The van der Waals surface area contributed by atoms with E-state index < -0.39 is 10.0 Å². The largest absolute Gasteiger partial charge is 0.356 e. The van der Waals surface area contributed by atoms with E-state index in [4.69, 9.17) is 16.1 Å². The van der Waals surface area contributed by atoms with E-state index in [-0.39, 0.29) is 5.75 Å². The third-order valence-electron chi connectivity index (χ3n) is 2.77. The van der Waals surface area contributed by atoms with Gasteiger partial charge in [0.05, 0.1) is 11.4 Å². The second-order valence-electron chi connectivity index (χ2n) is 4.24. The second-order valence-corrected chi connectivity index (χ2v) is 6.77. The topological polar surface area (TPSA) is 72.2 Å². The fraction of sp³-hybridized carbons (Fsp3) is 0.308. The van der Waals surface area contributed by atoms with Crippen molar-refractivity contribution in [2.45, 2.75) is 13.3 Å². The number of sulfonamides is 1. The number of benzene rings is 1. The number of rotatable bonds is 6. The summed E-state index contributed by atoms with van der Waals surface area (Å²) in [5.41, 5.74) is 1.58. The third-order valence-corrected chi connectivity index (χ3v) is 4.43. The van der Waals surface area contributed by atoms with Gasteiger partial charge in [-0.2, -0.15) is 0 Å². The number of hydrogen-bond acceptors (Lipinski definition) is 4. The van der Waals surface area contributed by atoms with Gasteiger partial charge in [0.25, 0.3) is 0 Å². The summed E-state index contributed by atoms with van der Waals surface area (Å²) in [6.07, 6.45) is 0.482. The lowest BCUT2D eigenvalue weighted by Gasteiger charge is -2.01. The molecule has 0 atom stereocenters. The quantitative estimate of drug-likeness (QED) is 0.889. The maximum atomic E-state index is 11.3. The summed E-state index contributed by atoms with van der Waals surface area (Å²) in [7, 11) is -3.16. The Morgan fingerprint density at radius 3 is 2.65 bits per heavy atom. The molecule has 108 valence electrons. The van der Waals surface area contributed by atoms with Crippen LogP contribution in [-0.4, -0.2) is 25.9 Å². The number of halogens is 1. The van der Waals surface area contributed by atoms with E-state index in [2.05, 4.69) is 9.88 Å². The van der Waals surface area contributed by atoms with Crippen LogP contribution in [0.4, 0.5) is 0 Å². The first-order valence-electron chi connectivity index (χ1n) is 6.19. The lowest BCUT2D eigenvalue weighted by Crippen LogP contribution is -2.27.